The zero-order valence-electron chi connectivity index (χ0n) is 11.1. The Hall–Kier alpha value is -1.45. The lowest BCUT2D eigenvalue weighted by Crippen LogP contribution is -2.39. The van der Waals surface area contributed by atoms with Crippen molar-refractivity contribution in [3.8, 4) is 0 Å². The molecular formula is C14H20N2O2. The lowest BCUT2D eigenvalue weighted by molar-refractivity contribution is 0.0959. The van der Waals surface area contributed by atoms with Crippen LogP contribution in [0.5, 0.6) is 0 Å². The maximum Gasteiger partial charge on any atom is 0.410 e. The number of amides is 1. The SMILES string of the molecule is CC(C)C1=C(N2C=C2)CCN(C(=O)OC2CC2)C1. The van der Waals surface area contributed by atoms with Crippen molar-refractivity contribution in [3.05, 3.63) is 23.7 Å². The third kappa shape index (κ3) is 2.37. The normalized spacial score (nSPS) is 22.8. The minimum Gasteiger partial charge on any atom is -0.446 e. The van der Waals surface area contributed by atoms with Crippen LogP contribution in [0.15, 0.2) is 23.7 Å². The Morgan fingerprint density at radius 3 is 2.67 bits per heavy atom. The summed E-state index contributed by atoms with van der Waals surface area (Å²) in [7, 11) is 0. The monoisotopic (exact) mass is 248 g/mol. The number of rotatable bonds is 3. The molecule has 0 spiro atoms. The Morgan fingerprint density at radius 1 is 1.39 bits per heavy atom. The zero-order valence-corrected chi connectivity index (χ0v) is 11.1. The smallest absolute Gasteiger partial charge is 0.410 e. The van der Waals surface area contributed by atoms with Gasteiger partial charge in [0.15, 0.2) is 0 Å². The predicted molar refractivity (Wildman–Crippen MR) is 68.5 cm³/mol. The van der Waals surface area contributed by atoms with Crippen molar-refractivity contribution in [2.45, 2.75) is 39.2 Å². The van der Waals surface area contributed by atoms with Gasteiger partial charge in [-0.1, -0.05) is 13.8 Å². The second-order valence-electron chi connectivity index (χ2n) is 5.59. The minimum absolute atomic E-state index is 0.131. The molecule has 0 atom stereocenters. The zero-order chi connectivity index (χ0) is 12.7. The molecule has 0 saturated heterocycles. The lowest BCUT2D eigenvalue weighted by Gasteiger charge is -2.32. The highest BCUT2D eigenvalue weighted by Crippen LogP contribution is 2.32. The number of carbonyl (C=O) groups is 1. The number of carbonyl (C=O) groups excluding carboxylic acids is 1. The molecule has 3 aliphatic rings. The molecule has 3 rings (SSSR count). The summed E-state index contributed by atoms with van der Waals surface area (Å²) < 4.78 is 5.38. The fraction of sp³-hybridized carbons (Fsp3) is 0.643. The number of hydrogen-bond donors (Lipinski definition) is 0. The fourth-order valence-corrected chi connectivity index (χ4v) is 2.36. The molecule has 0 aromatic carbocycles. The molecule has 0 aromatic rings. The van der Waals surface area contributed by atoms with Gasteiger partial charge < -0.3 is 14.5 Å². The second kappa shape index (κ2) is 4.34. The first-order valence-corrected chi connectivity index (χ1v) is 6.79. The number of ether oxygens (including phenoxy) is 1. The van der Waals surface area contributed by atoms with Crippen LogP contribution in [0, 0.1) is 5.92 Å². The highest BCUT2D eigenvalue weighted by molar-refractivity contribution is 5.69. The van der Waals surface area contributed by atoms with Crippen LogP contribution in [0.3, 0.4) is 0 Å². The molecule has 4 heteroatoms. The van der Waals surface area contributed by atoms with E-state index in [2.05, 4.69) is 31.1 Å². The summed E-state index contributed by atoms with van der Waals surface area (Å²) in [5.74, 6) is 0.471. The molecule has 0 unspecified atom stereocenters. The number of hydrogen-bond acceptors (Lipinski definition) is 3. The van der Waals surface area contributed by atoms with Crippen LogP contribution in [0.4, 0.5) is 4.79 Å². The van der Waals surface area contributed by atoms with Crippen molar-refractivity contribution in [2.24, 2.45) is 5.92 Å². The first-order valence-electron chi connectivity index (χ1n) is 6.79. The molecule has 0 aromatic heterocycles. The summed E-state index contributed by atoms with van der Waals surface area (Å²) in [4.78, 5) is 16.0. The van der Waals surface area contributed by atoms with Crippen molar-refractivity contribution >= 4 is 6.09 Å². The Labute approximate surface area is 108 Å². The van der Waals surface area contributed by atoms with Crippen LogP contribution in [0.25, 0.3) is 0 Å². The standard InChI is InChI=1S/C14H20N2O2/c1-10(2)12-9-16(14(17)18-11-3-4-11)6-5-13(12)15-7-8-15/h7-8,10-11H,3-6,9H2,1-2H3. The van der Waals surface area contributed by atoms with E-state index in [0.717, 1.165) is 32.4 Å². The molecule has 1 amide bonds. The minimum atomic E-state index is -0.131. The van der Waals surface area contributed by atoms with E-state index in [1.807, 2.05) is 4.90 Å². The highest BCUT2D eigenvalue weighted by Gasteiger charge is 2.32. The third-order valence-corrected chi connectivity index (χ3v) is 3.71. The molecule has 1 saturated carbocycles. The Kier molecular flexibility index (Phi) is 2.80. The van der Waals surface area contributed by atoms with Gasteiger partial charge in [-0.3, -0.25) is 0 Å². The molecule has 2 heterocycles. The van der Waals surface area contributed by atoms with Crippen LogP contribution in [-0.2, 0) is 4.74 Å². The molecule has 0 bridgehead atoms. The summed E-state index contributed by atoms with van der Waals surface area (Å²) in [5, 5.41) is 0. The van der Waals surface area contributed by atoms with Crippen molar-refractivity contribution in [1.82, 2.24) is 9.80 Å². The van der Waals surface area contributed by atoms with Crippen LogP contribution < -0.4 is 0 Å². The van der Waals surface area contributed by atoms with E-state index >= 15 is 0 Å². The van der Waals surface area contributed by atoms with E-state index in [4.69, 9.17) is 4.74 Å². The average molecular weight is 248 g/mol. The molecule has 0 N–H and O–H groups in total. The van der Waals surface area contributed by atoms with Gasteiger partial charge in [-0.2, -0.15) is 0 Å². The van der Waals surface area contributed by atoms with Crippen molar-refractivity contribution in [2.75, 3.05) is 13.1 Å². The molecule has 18 heavy (non-hydrogen) atoms. The highest BCUT2D eigenvalue weighted by atomic mass is 16.6. The van der Waals surface area contributed by atoms with Gasteiger partial charge in [0, 0.05) is 37.6 Å². The van der Waals surface area contributed by atoms with Gasteiger partial charge in [0.25, 0.3) is 0 Å². The van der Waals surface area contributed by atoms with Gasteiger partial charge in [0.1, 0.15) is 6.10 Å². The maximum atomic E-state index is 12.0. The van der Waals surface area contributed by atoms with Crippen molar-refractivity contribution in [1.29, 1.82) is 0 Å². The fourth-order valence-electron chi connectivity index (χ4n) is 2.36. The lowest BCUT2D eigenvalue weighted by atomic mass is 9.96. The van der Waals surface area contributed by atoms with Gasteiger partial charge >= 0.3 is 6.09 Å². The second-order valence-corrected chi connectivity index (χ2v) is 5.59. The summed E-state index contributed by atoms with van der Waals surface area (Å²) in [6.07, 6.45) is 7.23. The quantitative estimate of drug-likeness (QED) is 0.769. The summed E-state index contributed by atoms with van der Waals surface area (Å²) in [6.45, 7) is 5.87. The van der Waals surface area contributed by atoms with E-state index in [9.17, 15) is 4.79 Å². The van der Waals surface area contributed by atoms with Gasteiger partial charge in [-0.15, -0.1) is 0 Å². The molecule has 4 nitrogen and oxygen atoms in total. The van der Waals surface area contributed by atoms with Crippen LogP contribution >= 0.6 is 0 Å². The van der Waals surface area contributed by atoms with E-state index in [1.54, 1.807) is 0 Å². The van der Waals surface area contributed by atoms with Gasteiger partial charge in [-0.05, 0) is 24.3 Å². The van der Waals surface area contributed by atoms with Gasteiger partial charge in [0.2, 0.25) is 0 Å². The predicted octanol–water partition coefficient (Wildman–Crippen LogP) is 2.69. The number of nitrogens with zero attached hydrogens (tertiary/aromatic N) is 2. The first-order chi connectivity index (χ1) is 8.65. The summed E-state index contributed by atoms with van der Waals surface area (Å²) >= 11 is 0. The van der Waals surface area contributed by atoms with Crippen molar-refractivity contribution in [3.63, 3.8) is 0 Å². The van der Waals surface area contributed by atoms with E-state index in [0.29, 0.717) is 5.92 Å². The molecule has 2 aliphatic heterocycles. The summed E-state index contributed by atoms with van der Waals surface area (Å²) in [6, 6.07) is 0. The largest absolute Gasteiger partial charge is 0.446 e. The van der Waals surface area contributed by atoms with Crippen molar-refractivity contribution < 1.29 is 9.53 Å². The van der Waals surface area contributed by atoms with Crippen LogP contribution in [-0.4, -0.2) is 35.1 Å². The molecule has 98 valence electrons. The van der Waals surface area contributed by atoms with Gasteiger partial charge in [-0.25, -0.2) is 4.79 Å². The van der Waals surface area contributed by atoms with E-state index in [1.165, 1.54) is 11.3 Å². The molecule has 1 fully saturated rings. The first kappa shape index (κ1) is 11.6. The van der Waals surface area contributed by atoms with Gasteiger partial charge in [0.05, 0.1) is 0 Å². The van der Waals surface area contributed by atoms with E-state index < -0.39 is 0 Å². The van der Waals surface area contributed by atoms with Crippen LogP contribution in [0.1, 0.15) is 33.1 Å². The molecule has 0 radical (unpaired) electrons. The third-order valence-electron chi connectivity index (χ3n) is 3.71. The average Bonchev–Trinajstić information content (AvgIpc) is 3.22. The Morgan fingerprint density at radius 2 is 2.11 bits per heavy atom. The van der Waals surface area contributed by atoms with Crippen LogP contribution in [0.2, 0.25) is 0 Å². The summed E-state index contributed by atoms with van der Waals surface area (Å²) in [5.41, 5.74) is 2.74. The maximum absolute atomic E-state index is 12.0. The molecule has 1 aliphatic carbocycles. The topological polar surface area (TPSA) is 32.5 Å². The Bertz CT molecular complexity index is 416. The molecular weight excluding hydrogens is 228 g/mol. The van der Waals surface area contributed by atoms with E-state index in [-0.39, 0.29) is 12.2 Å². The Balaban J connectivity index is 1.68.